The predicted molar refractivity (Wildman–Crippen MR) is 46.7 cm³/mol. The van der Waals surface area contributed by atoms with Crippen molar-refractivity contribution in [2.24, 2.45) is 5.73 Å². The number of nitrogens with two attached hydrogens (primary N) is 1. The van der Waals surface area contributed by atoms with Gasteiger partial charge in [-0.3, -0.25) is 5.41 Å². The highest BCUT2D eigenvalue weighted by Crippen LogP contribution is 2.13. The predicted octanol–water partition coefficient (Wildman–Crippen LogP) is 1.38. The number of nitrogens with one attached hydrogen (secondary N) is 1. The second-order valence-corrected chi connectivity index (χ2v) is 3.15. The molecule has 1 rings (SSSR count). The lowest BCUT2D eigenvalue weighted by molar-refractivity contribution is 1.07. The molecule has 1 aromatic heterocycles. The van der Waals surface area contributed by atoms with Gasteiger partial charge in [-0.05, 0) is 30.8 Å². The molecule has 0 aliphatic carbocycles. The van der Waals surface area contributed by atoms with Gasteiger partial charge in [0.2, 0.25) is 0 Å². The van der Waals surface area contributed by atoms with Gasteiger partial charge in [0.1, 0.15) is 5.03 Å². The number of aryl methyl sites for hydroxylation is 1. The minimum Gasteiger partial charge on any atom is -0.378 e. The molecule has 58 valence electrons. The van der Waals surface area contributed by atoms with Crippen molar-refractivity contribution in [2.45, 2.75) is 11.9 Å². The van der Waals surface area contributed by atoms with E-state index < -0.39 is 0 Å². The zero-order valence-electron chi connectivity index (χ0n) is 6.16. The molecule has 0 amide bonds. The molecule has 1 aromatic rings. The average molecular weight is 167 g/mol. The van der Waals surface area contributed by atoms with Crippen LogP contribution < -0.4 is 5.73 Å². The maximum atomic E-state index is 7.00. The van der Waals surface area contributed by atoms with Crippen molar-refractivity contribution in [3.63, 3.8) is 0 Å². The van der Waals surface area contributed by atoms with E-state index in [1.54, 1.807) is 0 Å². The van der Waals surface area contributed by atoms with Gasteiger partial charge in [0.25, 0.3) is 0 Å². The van der Waals surface area contributed by atoms with E-state index in [1.165, 1.54) is 0 Å². The number of thioether (sulfide) groups is 1. The molecular formula is C7H9N3S. The van der Waals surface area contributed by atoms with Gasteiger partial charge < -0.3 is 5.73 Å². The van der Waals surface area contributed by atoms with Crippen LogP contribution in [0.25, 0.3) is 0 Å². The monoisotopic (exact) mass is 167 g/mol. The van der Waals surface area contributed by atoms with Crippen LogP contribution >= 0.6 is 11.8 Å². The van der Waals surface area contributed by atoms with E-state index in [9.17, 15) is 0 Å². The highest BCUT2D eigenvalue weighted by Gasteiger charge is 1.96. The van der Waals surface area contributed by atoms with Gasteiger partial charge in [0, 0.05) is 5.69 Å². The summed E-state index contributed by atoms with van der Waals surface area (Å²) in [4.78, 5) is 4.16. The number of nitrogens with zero attached hydrogens (tertiary/aromatic N) is 1. The minimum absolute atomic E-state index is 0.0723. The first-order valence-corrected chi connectivity index (χ1v) is 3.95. The lowest BCUT2D eigenvalue weighted by Gasteiger charge is -1.97. The number of aromatic nitrogens is 1. The lowest BCUT2D eigenvalue weighted by Crippen LogP contribution is -2.03. The zero-order valence-corrected chi connectivity index (χ0v) is 6.98. The maximum Gasteiger partial charge on any atom is 0.157 e. The molecule has 0 fully saturated rings. The smallest absolute Gasteiger partial charge is 0.157 e. The van der Waals surface area contributed by atoms with Crippen LogP contribution in [0.2, 0.25) is 0 Å². The third kappa shape index (κ3) is 2.59. The van der Waals surface area contributed by atoms with Crippen molar-refractivity contribution < 1.29 is 0 Å². The van der Waals surface area contributed by atoms with E-state index in [0.717, 1.165) is 22.5 Å². The molecule has 0 unspecified atom stereocenters. The van der Waals surface area contributed by atoms with Gasteiger partial charge in [-0.2, -0.15) is 0 Å². The Hall–Kier alpha value is -1.03. The van der Waals surface area contributed by atoms with Crippen molar-refractivity contribution in [2.75, 3.05) is 0 Å². The van der Waals surface area contributed by atoms with Crippen molar-refractivity contribution >= 4 is 16.9 Å². The van der Waals surface area contributed by atoms with Crippen molar-refractivity contribution in [3.05, 3.63) is 23.9 Å². The molecule has 4 heteroatoms. The molecule has 0 aliphatic rings. The molecular weight excluding hydrogens is 158 g/mol. The van der Waals surface area contributed by atoms with Crippen molar-refractivity contribution in [1.82, 2.24) is 4.98 Å². The Bertz CT molecular complexity index is 272. The summed E-state index contributed by atoms with van der Waals surface area (Å²) in [5, 5.41) is 7.85. The molecule has 0 saturated heterocycles. The van der Waals surface area contributed by atoms with Crippen LogP contribution in [0.3, 0.4) is 0 Å². The van der Waals surface area contributed by atoms with E-state index in [1.807, 2.05) is 25.1 Å². The summed E-state index contributed by atoms with van der Waals surface area (Å²) in [5.41, 5.74) is 6.12. The Morgan fingerprint density at radius 3 is 2.91 bits per heavy atom. The van der Waals surface area contributed by atoms with Gasteiger partial charge in [-0.25, -0.2) is 4.98 Å². The average Bonchev–Trinajstić information content (AvgIpc) is 1.85. The second-order valence-electron chi connectivity index (χ2n) is 2.08. The maximum absolute atomic E-state index is 7.00. The second kappa shape index (κ2) is 3.39. The van der Waals surface area contributed by atoms with Gasteiger partial charge in [-0.1, -0.05) is 6.07 Å². The third-order valence-electron chi connectivity index (χ3n) is 1.08. The molecule has 3 nitrogen and oxygen atoms in total. The first-order valence-electron chi connectivity index (χ1n) is 3.14. The molecule has 0 aliphatic heterocycles. The molecule has 0 radical (unpaired) electrons. The molecule has 3 N–H and O–H groups in total. The Morgan fingerprint density at radius 1 is 1.64 bits per heavy atom. The quantitative estimate of drug-likeness (QED) is 0.377. The standard InChI is InChI=1S/C7H9N3S/c1-5-3-2-4-6(10-5)11-7(8)9/h2-4H,1H3,(H3,8,9). The van der Waals surface area contributed by atoms with Crippen LogP contribution in [-0.2, 0) is 0 Å². The number of pyridine rings is 1. The Labute approximate surface area is 69.5 Å². The fraction of sp³-hybridized carbons (Fsp3) is 0.143. The van der Waals surface area contributed by atoms with Gasteiger partial charge in [-0.15, -0.1) is 0 Å². The molecule has 0 aromatic carbocycles. The summed E-state index contributed by atoms with van der Waals surface area (Å²) in [6, 6.07) is 5.64. The highest BCUT2D eigenvalue weighted by atomic mass is 32.2. The number of hydrogen-bond donors (Lipinski definition) is 2. The van der Waals surface area contributed by atoms with Crippen molar-refractivity contribution in [1.29, 1.82) is 5.41 Å². The van der Waals surface area contributed by atoms with Crippen LogP contribution in [0.4, 0.5) is 0 Å². The van der Waals surface area contributed by atoms with Gasteiger partial charge >= 0.3 is 0 Å². The van der Waals surface area contributed by atoms with Crippen LogP contribution in [0.15, 0.2) is 23.2 Å². The minimum atomic E-state index is 0.0723. The van der Waals surface area contributed by atoms with E-state index >= 15 is 0 Å². The van der Waals surface area contributed by atoms with Gasteiger partial charge in [0.15, 0.2) is 5.17 Å². The van der Waals surface area contributed by atoms with Crippen LogP contribution in [0.1, 0.15) is 5.69 Å². The largest absolute Gasteiger partial charge is 0.378 e. The van der Waals surface area contributed by atoms with E-state index in [4.69, 9.17) is 11.1 Å². The normalized spacial score (nSPS) is 9.55. The zero-order chi connectivity index (χ0) is 8.27. The van der Waals surface area contributed by atoms with E-state index in [0.29, 0.717) is 0 Å². The van der Waals surface area contributed by atoms with Crippen molar-refractivity contribution in [3.8, 4) is 0 Å². The summed E-state index contributed by atoms with van der Waals surface area (Å²) < 4.78 is 0. The van der Waals surface area contributed by atoms with Crippen LogP contribution in [0.5, 0.6) is 0 Å². The Balaban J connectivity index is 2.79. The topological polar surface area (TPSA) is 62.8 Å². The molecule has 0 spiro atoms. The Kier molecular flexibility index (Phi) is 2.48. The Morgan fingerprint density at radius 2 is 2.36 bits per heavy atom. The van der Waals surface area contributed by atoms with E-state index in [2.05, 4.69) is 4.98 Å². The number of amidine groups is 1. The summed E-state index contributed by atoms with van der Waals surface area (Å²) in [6.45, 7) is 1.91. The fourth-order valence-electron chi connectivity index (χ4n) is 0.688. The highest BCUT2D eigenvalue weighted by molar-refractivity contribution is 8.13. The fourth-order valence-corrected chi connectivity index (χ4v) is 1.25. The summed E-state index contributed by atoms with van der Waals surface area (Å²) >= 11 is 1.16. The summed E-state index contributed by atoms with van der Waals surface area (Å²) in [7, 11) is 0. The number of rotatable bonds is 1. The van der Waals surface area contributed by atoms with Gasteiger partial charge in [0.05, 0.1) is 0 Å². The third-order valence-corrected chi connectivity index (χ3v) is 1.73. The first-order chi connectivity index (χ1) is 5.18. The van der Waals surface area contributed by atoms with Crippen LogP contribution in [-0.4, -0.2) is 10.2 Å². The summed E-state index contributed by atoms with van der Waals surface area (Å²) in [6.07, 6.45) is 0. The SMILES string of the molecule is Cc1cccc(SC(=N)N)n1. The lowest BCUT2D eigenvalue weighted by atomic mass is 10.4. The number of hydrogen-bond acceptors (Lipinski definition) is 3. The molecule has 1 heterocycles. The first kappa shape index (κ1) is 8.07. The molecule has 0 saturated carbocycles. The molecule has 11 heavy (non-hydrogen) atoms. The summed E-state index contributed by atoms with van der Waals surface area (Å²) in [5.74, 6) is 0. The van der Waals surface area contributed by atoms with Crippen LogP contribution in [0, 0.1) is 12.3 Å². The van der Waals surface area contributed by atoms with E-state index in [-0.39, 0.29) is 5.17 Å². The molecule has 0 atom stereocenters. The molecule has 0 bridgehead atoms.